The molecule has 0 aliphatic heterocycles. The Kier molecular flexibility index (Phi) is 2.76. The first-order valence-electron chi connectivity index (χ1n) is 3.84. The zero-order chi connectivity index (χ0) is 9.84. The minimum atomic E-state index is -0.501. The molecule has 0 aromatic heterocycles. The fourth-order valence-electron chi connectivity index (χ4n) is 1.04. The number of hydrogen-bond acceptors (Lipinski definition) is 2. The molecule has 0 bridgehead atoms. The molecular weight excluding hydrogens is 169 g/mol. The van der Waals surface area contributed by atoms with E-state index in [2.05, 4.69) is 0 Å². The molecule has 1 atom stereocenters. The third-order valence-corrected chi connectivity index (χ3v) is 1.82. The minimum absolute atomic E-state index is 0.263. The van der Waals surface area contributed by atoms with E-state index in [1.54, 1.807) is 6.92 Å². The van der Waals surface area contributed by atoms with E-state index in [1.165, 1.54) is 12.1 Å². The lowest BCUT2D eigenvalue weighted by Gasteiger charge is -2.04. The van der Waals surface area contributed by atoms with Gasteiger partial charge in [0, 0.05) is 5.92 Å². The lowest BCUT2D eigenvalue weighted by atomic mass is 10.0. The number of aldehydes is 1. The number of rotatable bonds is 2. The number of nitrogens with zero attached hydrogens (tertiary/aromatic N) is 1. The van der Waals surface area contributed by atoms with Gasteiger partial charge < -0.3 is 4.79 Å². The van der Waals surface area contributed by atoms with Crippen LogP contribution in [0.1, 0.15) is 24.0 Å². The summed E-state index contributed by atoms with van der Waals surface area (Å²) in [5, 5.41) is 8.46. The zero-order valence-corrected chi connectivity index (χ0v) is 7.12. The summed E-state index contributed by atoms with van der Waals surface area (Å²) < 4.78 is 13.2. The van der Waals surface area contributed by atoms with Crippen molar-refractivity contribution >= 4 is 6.29 Å². The van der Waals surface area contributed by atoms with Crippen LogP contribution >= 0.6 is 0 Å². The second kappa shape index (κ2) is 3.81. The van der Waals surface area contributed by atoms with E-state index in [9.17, 15) is 9.18 Å². The van der Waals surface area contributed by atoms with E-state index in [1.807, 2.05) is 6.07 Å². The van der Waals surface area contributed by atoms with Crippen molar-refractivity contribution in [3.8, 4) is 6.07 Å². The van der Waals surface area contributed by atoms with Gasteiger partial charge in [0.25, 0.3) is 0 Å². The topological polar surface area (TPSA) is 40.9 Å². The first kappa shape index (κ1) is 9.40. The molecule has 0 radical (unpaired) electrons. The fourth-order valence-corrected chi connectivity index (χ4v) is 1.04. The van der Waals surface area contributed by atoms with Crippen molar-refractivity contribution in [2.45, 2.75) is 12.8 Å². The maximum atomic E-state index is 13.2. The SMILES string of the molecule is CC(C=O)c1ccc(C#N)cc1F. The summed E-state index contributed by atoms with van der Waals surface area (Å²) in [5.74, 6) is -0.966. The first-order chi connectivity index (χ1) is 6.19. The second-order valence-electron chi connectivity index (χ2n) is 2.77. The van der Waals surface area contributed by atoms with Gasteiger partial charge in [0.15, 0.2) is 0 Å². The van der Waals surface area contributed by atoms with Crippen LogP contribution in [0.15, 0.2) is 18.2 Å². The molecule has 0 aliphatic carbocycles. The molecule has 13 heavy (non-hydrogen) atoms. The van der Waals surface area contributed by atoms with Gasteiger partial charge in [0.05, 0.1) is 11.6 Å². The number of halogens is 1. The minimum Gasteiger partial charge on any atom is -0.303 e. The van der Waals surface area contributed by atoms with E-state index in [0.29, 0.717) is 11.8 Å². The van der Waals surface area contributed by atoms with Crippen LogP contribution in [0.3, 0.4) is 0 Å². The van der Waals surface area contributed by atoms with E-state index in [0.717, 1.165) is 6.07 Å². The van der Waals surface area contributed by atoms with Gasteiger partial charge in [0.2, 0.25) is 0 Å². The van der Waals surface area contributed by atoms with E-state index < -0.39 is 11.7 Å². The van der Waals surface area contributed by atoms with Crippen LogP contribution in [-0.2, 0) is 4.79 Å². The van der Waals surface area contributed by atoms with Crippen LogP contribution < -0.4 is 0 Å². The van der Waals surface area contributed by atoms with Crippen molar-refractivity contribution in [1.82, 2.24) is 0 Å². The van der Waals surface area contributed by atoms with Gasteiger partial charge in [-0.25, -0.2) is 4.39 Å². The lowest BCUT2D eigenvalue weighted by Crippen LogP contribution is -1.98. The number of hydrogen-bond donors (Lipinski definition) is 0. The molecule has 0 N–H and O–H groups in total. The lowest BCUT2D eigenvalue weighted by molar-refractivity contribution is -0.108. The maximum absolute atomic E-state index is 13.2. The summed E-state index contributed by atoms with van der Waals surface area (Å²) in [7, 11) is 0. The standard InChI is InChI=1S/C10H8FNO/c1-7(6-13)9-3-2-8(5-12)4-10(9)11/h2-4,6-7H,1H3. The number of benzene rings is 1. The van der Waals surface area contributed by atoms with Crippen LogP contribution in [0.5, 0.6) is 0 Å². The van der Waals surface area contributed by atoms with Crippen molar-refractivity contribution in [1.29, 1.82) is 5.26 Å². The quantitative estimate of drug-likeness (QED) is 0.648. The average Bonchev–Trinajstić information content (AvgIpc) is 2.16. The van der Waals surface area contributed by atoms with Crippen molar-refractivity contribution in [3.63, 3.8) is 0 Å². The van der Waals surface area contributed by atoms with Crippen LogP contribution in [0.25, 0.3) is 0 Å². The molecule has 0 saturated carbocycles. The van der Waals surface area contributed by atoms with Gasteiger partial charge in [-0.3, -0.25) is 0 Å². The van der Waals surface area contributed by atoms with Crippen LogP contribution in [0, 0.1) is 17.1 Å². The molecule has 0 heterocycles. The second-order valence-corrected chi connectivity index (χ2v) is 2.77. The van der Waals surface area contributed by atoms with Crippen molar-refractivity contribution in [3.05, 3.63) is 35.1 Å². The molecule has 2 nitrogen and oxygen atoms in total. The Balaban J connectivity index is 3.13. The highest BCUT2D eigenvalue weighted by atomic mass is 19.1. The molecule has 0 fully saturated rings. The summed E-state index contributed by atoms with van der Waals surface area (Å²) in [6.45, 7) is 1.61. The van der Waals surface area contributed by atoms with Gasteiger partial charge in [-0.1, -0.05) is 13.0 Å². The number of nitriles is 1. The third kappa shape index (κ3) is 1.91. The molecular formula is C10H8FNO. The summed E-state index contributed by atoms with van der Waals surface area (Å²) >= 11 is 0. The number of carbonyl (C=O) groups is 1. The maximum Gasteiger partial charge on any atom is 0.128 e. The highest BCUT2D eigenvalue weighted by molar-refractivity contribution is 5.61. The molecule has 1 aromatic rings. The Hall–Kier alpha value is -1.69. The smallest absolute Gasteiger partial charge is 0.128 e. The van der Waals surface area contributed by atoms with Gasteiger partial charge in [-0.2, -0.15) is 5.26 Å². The zero-order valence-electron chi connectivity index (χ0n) is 7.12. The molecule has 1 aromatic carbocycles. The predicted molar refractivity (Wildman–Crippen MR) is 45.6 cm³/mol. The molecule has 0 aliphatic rings. The molecule has 0 saturated heterocycles. The molecule has 0 spiro atoms. The van der Waals surface area contributed by atoms with Crippen LogP contribution in [0.2, 0.25) is 0 Å². The molecule has 0 amide bonds. The Morgan fingerprint density at radius 1 is 1.62 bits per heavy atom. The van der Waals surface area contributed by atoms with E-state index in [4.69, 9.17) is 5.26 Å². The third-order valence-electron chi connectivity index (χ3n) is 1.82. The Morgan fingerprint density at radius 3 is 2.77 bits per heavy atom. The summed E-state index contributed by atoms with van der Waals surface area (Å²) in [5.41, 5.74) is 0.591. The monoisotopic (exact) mass is 177 g/mol. The predicted octanol–water partition coefficient (Wildman–Crippen LogP) is 2.00. The fraction of sp³-hybridized carbons (Fsp3) is 0.200. The number of carbonyl (C=O) groups excluding carboxylic acids is 1. The highest BCUT2D eigenvalue weighted by Crippen LogP contribution is 2.17. The Bertz CT molecular complexity index is 368. The summed E-state index contributed by atoms with van der Waals surface area (Å²) in [6.07, 6.45) is 0.671. The summed E-state index contributed by atoms with van der Waals surface area (Å²) in [4.78, 5) is 10.4. The molecule has 66 valence electrons. The highest BCUT2D eigenvalue weighted by Gasteiger charge is 2.09. The molecule has 1 unspecified atom stereocenters. The van der Waals surface area contributed by atoms with Gasteiger partial charge in [0.1, 0.15) is 12.1 Å². The Labute approximate surface area is 75.6 Å². The largest absolute Gasteiger partial charge is 0.303 e. The molecule has 3 heteroatoms. The van der Waals surface area contributed by atoms with Crippen molar-refractivity contribution < 1.29 is 9.18 Å². The van der Waals surface area contributed by atoms with Crippen molar-refractivity contribution in [2.24, 2.45) is 0 Å². The first-order valence-corrected chi connectivity index (χ1v) is 3.84. The molecule has 1 rings (SSSR count). The van der Waals surface area contributed by atoms with Crippen molar-refractivity contribution in [2.75, 3.05) is 0 Å². The van der Waals surface area contributed by atoms with E-state index in [-0.39, 0.29) is 5.56 Å². The Morgan fingerprint density at radius 2 is 2.31 bits per heavy atom. The summed E-state index contributed by atoms with van der Waals surface area (Å²) in [6, 6.07) is 5.92. The van der Waals surface area contributed by atoms with Gasteiger partial charge in [-0.15, -0.1) is 0 Å². The normalized spacial score (nSPS) is 11.8. The van der Waals surface area contributed by atoms with Gasteiger partial charge >= 0.3 is 0 Å². The van der Waals surface area contributed by atoms with Gasteiger partial charge in [-0.05, 0) is 17.7 Å². The average molecular weight is 177 g/mol. The van der Waals surface area contributed by atoms with Crippen LogP contribution in [-0.4, -0.2) is 6.29 Å². The van der Waals surface area contributed by atoms with Crippen LogP contribution in [0.4, 0.5) is 4.39 Å². The van der Waals surface area contributed by atoms with E-state index >= 15 is 0 Å².